The van der Waals surface area contributed by atoms with E-state index in [4.69, 9.17) is 0 Å². The summed E-state index contributed by atoms with van der Waals surface area (Å²) in [5.74, 6) is 1.66. The predicted octanol–water partition coefficient (Wildman–Crippen LogP) is 2.70. The monoisotopic (exact) mass is 225 g/mol. The molecular weight excluding hydrogens is 198 g/mol. The van der Waals surface area contributed by atoms with Gasteiger partial charge < -0.3 is 10.4 Å². The fourth-order valence-electron chi connectivity index (χ4n) is 3.44. The van der Waals surface area contributed by atoms with Gasteiger partial charge in [0.1, 0.15) is 0 Å². The Morgan fingerprint density at radius 2 is 1.75 bits per heavy atom. The van der Waals surface area contributed by atoms with Crippen molar-refractivity contribution in [1.82, 2.24) is 5.32 Å². The molecule has 0 aromatic carbocycles. The van der Waals surface area contributed by atoms with Crippen molar-refractivity contribution in [3.63, 3.8) is 0 Å². The number of aliphatic hydroxyl groups excluding tert-OH is 1. The third-order valence-electron chi connectivity index (χ3n) is 4.80. The minimum Gasteiger partial charge on any atom is -0.393 e. The van der Waals surface area contributed by atoms with Crippen LogP contribution in [0.3, 0.4) is 0 Å². The summed E-state index contributed by atoms with van der Waals surface area (Å²) in [7, 11) is 0. The highest BCUT2D eigenvalue weighted by molar-refractivity contribution is 4.87. The Morgan fingerprint density at radius 3 is 2.50 bits per heavy atom. The number of nitrogens with one attached hydrogen (secondary N) is 1. The van der Waals surface area contributed by atoms with Gasteiger partial charge in [-0.15, -0.1) is 0 Å². The molecule has 0 heterocycles. The highest BCUT2D eigenvalue weighted by Gasteiger charge is 2.30. The van der Waals surface area contributed by atoms with Gasteiger partial charge in [0.05, 0.1) is 6.10 Å². The Morgan fingerprint density at radius 1 is 1.00 bits per heavy atom. The average molecular weight is 225 g/mol. The second kappa shape index (κ2) is 5.50. The number of aliphatic hydroxyl groups is 1. The zero-order valence-electron chi connectivity index (χ0n) is 10.8. The van der Waals surface area contributed by atoms with Crippen molar-refractivity contribution < 1.29 is 5.11 Å². The van der Waals surface area contributed by atoms with E-state index >= 15 is 0 Å². The largest absolute Gasteiger partial charge is 0.393 e. The summed E-state index contributed by atoms with van der Waals surface area (Å²) in [4.78, 5) is 0. The minimum absolute atomic E-state index is 0.0532. The summed E-state index contributed by atoms with van der Waals surface area (Å²) in [5, 5.41) is 13.5. The third-order valence-corrected chi connectivity index (χ3v) is 4.80. The molecule has 16 heavy (non-hydrogen) atoms. The average Bonchev–Trinajstić information content (AvgIpc) is 2.25. The first-order valence-corrected chi connectivity index (χ1v) is 7.11. The smallest absolute Gasteiger partial charge is 0.0555 e. The van der Waals surface area contributed by atoms with Crippen LogP contribution in [-0.4, -0.2) is 23.3 Å². The Balaban J connectivity index is 1.83. The molecule has 2 fully saturated rings. The Hall–Kier alpha value is -0.0800. The van der Waals surface area contributed by atoms with Crippen molar-refractivity contribution in [2.75, 3.05) is 0 Å². The summed E-state index contributed by atoms with van der Waals surface area (Å²) in [6, 6.07) is 1.26. The predicted molar refractivity (Wildman–Crippen MR) is 67.4 cm³/mol. The molecule has 2 N–H and O–H groups in total. The van der Waals surface area contributed by atoms with E-state index in [0.717, 1.165) is 24.7 Å². The van der Waals surface area contributed by atoms with Crippen LogP contribution in [0.4, 0.5) is 0 Å². The van der Waals surface area contributed by atoms with Crippen molar-refractivity contribution in [2.24, 2.45) is 11.8 Å². The Bertz CT molecular complexity index is 219. The van der Waals surface area contributed by atoms with E-state index in [9.17, 15) is 5.11 Å². The lowest BCUT2D eigenvalue weighted by Crippen LogP contribution is -2.47. The zero-order valence-corrected chi connectivity index (χ0v) is 10.8. The topological polar surface area (TPSA) is 32.3 Å². The molecule has 2 heteroatoms. The van der Waals surface area contributed by atoms with Gasteiger partial charge in [0.15, 0.2) is 0 Å². The van der Waals surface area contributed by atoms with Gasteiger partial charge in [-0.25, -0.2) is 0 Å². The summed E-state index contributed by atoms with van der Waals surface area (Å²) in [6.07, 6.45) is 8.47. The maximum Gasteiger partial charge on any atom is 0.0555 e. The molecule has 0 bridgehead atoms. The molecule has 0 saturated heterocycles. The van der Waals surface area contributed by atoms with Crippen molar-refractivity contribution in [1.29, 1.82) is 0 Å². The van der Waals surface area contributed by atoms with E-state index < -0.39 is 0 Å². The molecule has 5 unspecified atom stereocenters. The van der Waals surface area contributed by atoms with Crippen molar-refractivity contribution in [2.45, 2.75) is 77.0 Å². The van der Waals surface area contributed by atoms with Crippen LogP contribution in [0.15, 0.2) is 0 Å². The van der Waals surface area contributed by atoms with E-state index in [-0.39, 0.29) is 6.10 Å². The molecule has 2 rings (SSSR count). The van der Waals surface area contributed by atoms with Crippen LogP contribution < -0.4 is 5.32 Å². The SMILES string of the molecule is CC1CCCC(NC2CCCC(O)C2)C1C. The molecule has 94 valence electrons. The second-order valence-electron chi connectivity index (χ2n) is 6.06. The van der Waals surface area contributed by atoms with E-state index in [1.54, 1.807) is 0 Å². The fourth-order valence-corrected chi connectivity index (χ4v) is 3.44. The van der Waals surface area contributed by atoms with Gasteiger partial charge in [-0.1, -0.05) is 26.7 Å². The molecule has 5 atom stereocenters. The standard InChI is InChI=1S/C14H27NO/c1-10-5-3-8-14(11(10)2)15-12-6-4-7-13(16)9-12/h10-16H,3-9H2,1-2H3. The maximum absolute atomic E-state index is 9.69. The van der Waals surface area contributed by atoms with E-state index in [1.807, 2.05) is 0 Å². The van der Waals surface area contributed by atoms with Crippen LogP contribution in [0.2, 0.25) is 0 Å². The van der Waals surface area contributed by atoms with Gasteiger partial charge in [-0.05, 0) is 43.9 Å². The van der Waals surface area contributed by atoms with Crippen LogP contribution in [0.1, 0.15) is 58.8 Å². The summed E-state index contributed by atoms with van der Waals surface area (Å²) in [6.45, 7) is 4.77. The molecule has 2 aliphatic carbocycles. The number of hydrogen-bond acceptors (Lipinski definition) is 2. The second-order valence-corrected chi connectivity index (χ2v) is 6.06. The summed E-state index contributed by atoms with van der Waals surface area (Å²) in [5.41, 5.74) is 0. The lowest BCUT2D eigenvalue weighted by atomic mass is 9.77. The van der Waals surface area contributed by atoms with Crippen LogP contribution in [0, 0.1) is 11.8 Å². The summed E-state index contributed by atoms with van der Waals surface area (Å²) >= 11 is 0. The van der Waals surface area contributed by atoms with Crippen LogP contribution in [-0.2, 0) is 0 Å². The minimum atomic E-state index is -0.0532. The highest BCUT2D eigenvalue weighted by atomic mass is 16.3. The lowest BCUT2D eigenvalue weighted by molar-refractivity contribution is 0.0972. The molecule has 0 radical (unpaired) electrons. The van der Waals surface area contributed by atoms with E-state index in [0.29, 0.717) is 12.1 Å². The molecule has 2 saturated carbocycles. The van der Waals surface area contributed by atoms with Crippen molar-refractivity contribution >= 4 is 0 Å². The van der Waals surface area contributed by atoms with E-state index in [1.165, 1.54) is 32.1 Å². The van der Waals surface area contributed by atoms with Crippen molar-refractivity contribution in [3.05, 3.63) is 0 Å². The summed E-state index contributed by atoms with van der Waals surface area (Å²) < 4.78 is 0. The van der Waals surface area contributed by atoms with E-state index in [2.05, 4.69) is 19.2 Å². The molecule has 2 nitrogen and oxygen atoms in total. The molecule has 0 aliphatic heterocycles. The normalized spacial score (nSPS) is 45.6. The Kier molecular flexibility index (Phi) is 4.26. The van der Waals surface area contributed by atoms with Crippen LogP contribution >= 0.6 is 0 Å². The van der Waals surface area contributed by atoms with Crippen LogP contribution in [0.5, 0.6) is 0 Å². The van der Waals surface area contributed by atoms with Gasteiger partial charge in [0, 0.05) is 12.1 Å². The molecule has 0 aromatic heterocycles. The van der Waals surface area contributed by atoms with Crippen molar-refractivity contribution in [3.8, 4) is 0 Å². The van der Waals surface area contributed by atoms with Gasteiger partial charge in [0.25, 0.3) is 0 Å². The molecule has 0 aromatic rings. The van der Waals surface area contributed by atoms with Gasteiger partial charge >= 0.3 is 0 Å². The molecule has 0 spiro atoms. The fraction of sp³-hybridized carbons (Fsp3) is 1.00. The quantitative estimate of drug-likeness (QED) is 0.757. The Labute approximate surface area is 99.8 Å². The van der Waals surface area contributed by atoms with Crippen LogP contribution in [0.25, 0.3) is 0 Å². The maximum atomic E-state index is 9.69. The highest BCUT2D eigenvalue weighted by Crippen LogP contribution is 2.31. The first-order valence-electron chi connectivity index (χ1n) is 7.11. The van der Waals surface area contributed by atoms with Gasteiger partial charge in [0.2, 0.25) is 0 Å². The lowest BCUT2D eigenvalue weighted by Gasteiger charge is -2.38. The zero-order chi connectivity index (χ0) is 11.5. The molecular formula is C14H27NO. The third kappa shape index (κ3) is 2.98. The molecule has 2 aliphatic rings. The first kappa shape index (κ1) is 12.4. The van der Waals surface area contributed by atoms with Gasteiger partial charge in [-0.2, -0.15) is 0 Å². The molecule has 0 amide bonds. The number of hydrogen-bond donors (Lipinski definition) is 2. The van der Waals surface area contributed by atoms with Gasteiger partial charge in [-0.3, -0.25) is 0 Å². The number of rotatable bonds is 2. The first-order chi connectivity index (χ1) is 7.66.